The van der Waals surface area contributed by atoms with Gasteiger partial charge in [0.1, 0.15) is 0 Å². The van der Waals surface area contributed by atoms with E-state index in [0.29, 0.717) is 6.42 Å². The largest absolute Gasteiger partial charge is 3.00 e. The van der Waals surface area contributed by atoms with Crippen molar-refractivity contribution in [3.63, 3.8) is 0 Å². The summed E-state index contributed by atoms with van der Waals surface area (Å²) in [5, 5.41) is 0. The minimum absolute atomic E-state index is 0. The summed E-state index contributed by atoms with van der Waals surface area (Å²) >= 11 is 0. The second-order valence-electron chi connectivity index (χ2n) is 7.32. The molecule has 0 aliphatic carbocycles. The molecule has 0 rings (SSSR count). The molecule has 0 aromatic heterocycles. The zero-order chi connectivity index (χ0) is 22.5. The van der Waals surface area contributed by atoms with Crippen LogP contribution >= 0.6 is 15.6 Å². The van der Waals surface area contributed by atoms with E-state index in [0.717, 1.165) is 37.7 Å². The third kappa shape index (κ3) is 21.2. The van der Waals surface area contributed by atoms with Gasteiger partial charge in [-0.05, 0) is 73.1 Å². The van der Waals surface area contributed by atoms with Gasteiger partial charge in [-0.3, -0.25) is 8.88 Å². The molecule has 0 amide bonds. The Labute approximate surface area is 196 Å². The Morgan fingerprint density at radius 1 is 0.733 bits per heavy atom. The van der Waals surface area contributed by atoms with Gasteiger partial charge in [-0.2, -0.15) is 0 Å². The van der Waals surface area contributed by atoms with E-state index in [4.69, 9.17) is 0 Å². The minimum Gasteiger partial charge on any atom is -0.790 e. The van der Waals surface area contributed by atoms with Crippen molar-refractivity contribution in [3.05, 3.63) is 46.6 Å². The number of hydrogen-bond donors (Lipinski definition) is 0. The summed E-state index contributed by atoms with van der Waals surface area (Å²) in [6.07, 6.45) is 13.9. The molecule has 0 fully saturated rings. The molecule has 0 saturated heterocycles. The van der Waals surface area contributed by atoms with E-state index in [1.54, 1.807) is 0 Å². The number of phosphoric acid groups is 2. The smallest absolute Gasteiger partial charge is 0.790 e. The fourth-order valence-electron chi connectivity index (χ4n) is 2.40. The third-order valence-corrected chi connectivity index (χ3v) is 6.08. The molecule has 0 bridgehead atoms. The fraction of sp³-hybridized carbons (Fsp3) is 0.600. The van der Waals surface area contributed by atoms with Crippen molar-refractivity contribution in [2.45, 2.75) is 73.1 Å². The van der Waals surface area contributed by atoms with Gasteiger partial charge >= 0.3 is 22.4 Å². The van der Waals surface area contributed by atoms with Crippen LogP contribution in [0.3, 0.4) is 0 Å². The molecule has 10 heteroatoms. The van der Waals surface area contributed by atoms with Crippen LogP contribution in [0.1, 0.15) is 73.1 Å². The first-order valence-corrected chi connectivity index (χ1v) is 12.5. The van der Waals surface area contributed by atoms with Crippen LogP contribution in [0.25, 0.3) is 0 Å². The van der Waals surface area contributed by atoms with Gasteiger partial charge < -0.3 is 23.8 Å². The molecule has 0 aliphatic rings. The molecule has 0 aromatic carbocycles. The SMILES string of the molecule is CC(C)=CCC/C(C)=C/CC/C(C)=C/CC/C(C)=C/COP(=O)([O-])OP(=O)([O-])[O-].[Au+3]. The molecule has 0 aromatic rings. The van der Waals surface area contributed by atoms with Crippen molar-refractivity contribution in [1.82, 2.24) is 0 Å². The van der Waals surface area contributed by atoms with E-state index >= 15 is 0 Å². The first-order valence-electron chi connectivity index (χ1n) is 9.60. The fourth-order valence-corrected chi connectivity index (χ4v) is 3.83. The van der Waals surface area contributed by atoms with Crippen molar-refractivity contribution in [1.29, 1.82) is 0 Å². The molecule has 176 valence electrons. The van der Waals surface area contributed by atoms with Crippen LogP contribution < -0.4 is 14.7 Å². The Hall–Kier alpha value is -0.0397. The first-order chi connectivity index (χ1) is 13.3. The summed E-state index contributed by atoms with van der Waals surface area (Å²) in [5.41, 5.74) is 4.93. The topological polar surface area (TPSA) is 122 Å². The Balaban J connectivity index is 0. The van der Waals surface area contributed by atoms with Crippen molar-refractivity contribution in [2.75, 3.05) is 6.61 Å². The molecular weight excluding hydrogens is 611 g/mol. The van der Waals surface area contributed by atoms with E-state index in [2.05, 4.69) is 54.8 Å². The average molecular weight is 644 g/mol. The third-order valence-electron chi connectivity index (χ3n) is 4.02. The monoisotopic (exact) mass is 644 g/mol. The maximum atomic E-state index is 11.1. The van der Waals surface area contributed by atoms with Gasteiger partial charge in [0.2, 0.25) is 0 Å². The van der Waals surface area contributed by atoms with Gasteiger partial charge in [-0.15, -0.1) is 0 Å². The Morgan fingerprint density at radius 3 is 1.53 bits per heavy atom. The first kappa shape index (κ1) is 32.1. The maximum Gasteiger partial charge on any atom is 3.00 e. The Bertz CT molecular complexity index is 717. The molecular formula is C20H33AuO7P2. The van der Waals surface area contributed by atoms with Crippen LogP contribution in [0, 0.1) is 0 Å². The number of rotatable bonds is 14. The van der Waals surface area contributed by atoms with Crippen LogP contribution in [0.15, 0.2) is 46.6 Å². The molecule has 0 aliphatic heterocycles. The van der Waals surface area contributed by atoms with Crippen molar-refractivity contribution >= 4 is 15.6 Å². The van der Waals surface area contributed by atoms with E-state index in [9.17, 15) is 23.8 Å². The molecule has 0 heterocycles. The average Bonchev–Trinajstić information content (AvgIpc) is 2.51. The van der Waals surface area contributed by atoms with Gasteiger partial charge in [-0.25, -0.2) is 0 Å². The van der Waals surface area contributed by atoms with Gasteiger partial charge in [0.15, 0.2) is 0 Å². The molecule has 1 unspecified atom stereocenters. The summed E-state index contributed by atoms with van der Waals surface area (Å²) < 4.78 is 29.1. The van der Waals surface area contributed by atoms with Gasteiger partial charge in [-0.1, -0.05) is 46.6 Å². The minimum atomic E-state index is -5.64. The molecule has 30 heavy (non-hydrogen) atoms. The predicted molar refractivity (Wildman–Crippen MR) is 111 cm³/mol. The normalized spacial score (nSPS) is 15.4. The van der Waals surface area contributed by atoms with Gasteiger partial charge in [0.25, 0.3) is 7.82 Å². The number of allylic oxidation sites excluding steroid dienone is 7. The second-order valence-corrected chi connectivity index (χ2v) is 10.0. The molecule has 0 radical (unpaired) electrons. The quantitative estimate of drug-likeness (QED) is 0.156. The van der Waals surface area contributed by atoms with E-state index < -0.39 is 15.6 Å². The zero-order valence-corrected chi connectivity index (χ0v) is 22.3. The van der Waals surface area contributed by atoms with Crippen molar-refractivity contribution in [3.8, 4) is 0 Å². The van der Waals surface area contributed by atoms with Crippen LogP contribution in [0.2, 0.25) is 0 Å². The van der Waals surface area contributed by atoms with Crippen LogP contribution in [-0.4, -0.2) is 6.61 Å². The summed E-state index contributed by atoms with van der Waals surface area (Å²) in [6, 6.07) is 0. The molecule has 7 nitrogen and oxygen atoms in total. The van der Waals surface area contributed by atoms with Crippen LogP contribution in [-0.2, 0) is 40.3 Å². The van der Waals surface area contributed by atoms with E-state index in [1.807, 2.05) is 6.92 Å². The molecule has 0 saturated carbocycles. The Morgan fingerprint density at radius 2 is 1.13 bits per heavy atom. The predicted octanol–water partition coefficient (Wildman–Crippen LogP) is 4.46. The maximum absolute atomic E-state index is 11.1. The van der Waals surface area contributed by atoms with Crippen LogP contribution in [0.4, 0.5) is 0 Å². The summed E-state index contributed by atoms with van der Waals surface area (Å²) in [6.45, 7) is 9.89. The van der Waals surface area contributed by atoms with Gasteiger partial charge in [0.05, 0.1) is 14.4 Å². The van der Waals surface area contributed by atoms with E-state index in [1.165, 1.54) is 22.8 Å². The molecule has 0 N–H and O–H groups in total. The molecule has 1 atom stereocenters. The number of hydrogen-bond acceptors (Lipinski definition) is 7. The molecule has 0 spiro atoms. The van der Waals surface area contributed by atoms with Gasteiger partial charge in [0, 0.05) is 0 Å². The summed E-state index contributed by atoms with van der Waals surface area (Å²) in [4.78, 5) is 31.7. The summed E-state index contributed by atoms with van der Waals surface area (Å²) in [5.74, 6) is 0. The standard InChI is InChI=1S/C20H36O7P2.Au/c1-17(2)9-6-10-18(3)11-7-12-19(4)13-8-14-20(5)15-16-26-29(24,25)27-28(21,22)23;/h9,11,13,15H,6-8,10,12,14,16H2,1-5H3,(H,24,25)(H2,21,22,23);/q;+3/p-3/b18-11+,19-13+,20-15+;. The summed E-state index contributed by atoms with van der Waals surface area (Å²) in [7, 11) is -10.8. The van der Waals surface area contributed by atoms with Crippen molar-refractivity contribution in [2.24, 2.45) is 0 Å². The number of phosphoric ester groups is 1. The van der Waals surface area contributed by atoms with E-state index in [-0.39, 0.29) is 29.0 Å². The Kier molecular flexibility index (Phi) is 17.8. The van der Waals surface area contributed by atoms with Crippen LogP contribution in [0.5, 0.6) is 0 Å². The zero-order valence-electron chi connectivity index (χ0n) is 18.3. The second kappa shape index (κ2) is 16.6. The van der Waals surface area contributed by atoms with Crippen molar-refractivity contribution < 1.29 is 55.0 Å².